The van der Waals surface area contributed by atoms with E-state index in [-0.39, 0.29) is 0 Å². The van der Waals surface area contributed by atoms with E-state index in [1.54, 1.807) is 18.3 Å². The van der Waals surface area contributed by atoms with Crippen molar-refractivity contribution in [3.8, 4) is 10.6 Å². The van der Waals surface area contributed by atoms with E-state index in [2.05, 4.69) is 15.0 Å². The third-order valence-corrected chi connectivity index (χ3v) is 4.63. The number of hydrogen-bond acceptors (Lipinski definition) is 7. The summed E-state index contributed by atoms with van der Waals surface area (Å²) >= 11 is 2.80. The lowest BCUT2D eigenvalue weighted by Gasteiger charge is -2.13. The Hall–Kier alpha value is -1.77. The number of thiazole rings is 1. The van der Waals surface area contributed by atoms with Crippen LogP contribution in [0, 0.1) is 6.92 Å². The van der Waals surface area contributed by atoms with E-state index in [1.165, 1.54) is 18.4 Å². The van der Waals surface area contributed by atoms with Crippen molar-refractivity contribution in [1.29, 1.82) is 0 Å². The highest BCUT2D eigenvalue weighted by Crippen LogP contribution is 2.29. The average Bonchev–Trinajstić information content (AvgIpc) is 3.12. The van der Waals surface area contributed by atoms with Crippen LogP contribution in [-0.2, 0) is 9.53 Å². The fourth-order valence-corrected chi connectivity index (χ4v) is 3.34. The molecule has 2 rings (SSSR count). The van der Waals surface area contributed by atoms with Crippen LogP contribution in [0.3, 0.4) is 0 Å². The van der Waals surface area contributed by atoms with Crippen molar-refractivity contribution in [2.24, 2.45) is 0 Å². The predicted octanol–water partition coefficient (Wildman–Crippen LogP) is 1.44. The maximum Gasteiger partial charge on any atom is 0.330 e. The molecule has 21 heavy (non-hydrogen) atoms. The van der Waals surface area contributed by atoms with Gasteiger partial charge in [0, 0.05) is 10.9 Å². The van der Waals surface area contributed by atoms with Crippen molar-refractivity contribution < 1.29 is 19.4 Å². The topological polar surface area (TPSA) is 88.5 Å². The summed E-state index contributed by atoms with van der Waals surface area (Å²) in [4.78, 5) is 28.3. The van der Waals surface area contributed by atoms with Gasteiger partial charge in [-0.2, -0.15) is 11.3 Å². The SMILES string of the molecule is COC(=O)C(CO)NC(=O)c1sc(-c2ccsc2)nc1C. The van der Waals surface area contributed by atoms with Crippen molar-refractivity contribution in [1.82, 2.24) is 10.3 Å². The van der Waals surface area contributed by atoms with Crippen molar-refractivity contribution in [2.45, 2.75) is 13.0 Å². The van der Waals surface area contributed by atoms with Gasteiger partial charge in [0.15, 0.2) is 6.04 Å². The number of hydrogen-bond donors (Lipinski definition) is 2. The molecule has 0 fully saturated rings. The summed E-state index contributed by atoms with van der Waals surface area (Å²) < 4.78 is 4.51. The van der Waals surface area contributed by atoms with Gasteiger partial charge in [-0.05, 0) is 18.4 Å². The zero-order valence-electron chi connectivity index (χ0n) is 11.5. The van der Waals surface area contributed by atoms with Crippen LogP contribution in [0.4, 0.5) is 0 Å². The summed E-state index contributed by atoms with van der Waals surface area (Å²) in [7, 11) is 1.20. The Labute approximate surface area is 129 Å². The molecule has 2 aromatic heterocycles. The monoisotopic (exact) mass is 326 g/mol. The average molecular weight is 326 g/mol. The van der Waals surface area contributed by atoms with E-state index in [0.717, 1.165) is 10.6 Å². The Bertz CT molecular complexity index is 637. The minimum absolute atomic E-state index is 0.415. The molecule has 0 aliphatic rings. The Morgan fingerprint density at radius 1 is 1.52 bits per heavy atom. The molecule has 0 spiro atoms. The third kappa shape index (κ3) is 3.46. The molecule has 8 heteroatoms. The van der Waals surface area contributed by atoms with Crippen molar-refractivity contribution in [3.63, 3.8) is 0 Å². The fraction of sp³-hybridized carbons (Fsp3) is 0.308. The molecule has 6 nitrogen and oxygen atoms in total. The number of aliphatic hydroxyl groups is 1. The maximum atomic E-state index is 12.2. The highest BCUT2D eigenvalue weighted by atomic mass is 32.1. The van der Waals surface area contributed by atoms with Gasteiger partial charge in [0.05, 0.1) is 19.4 Å². The molecular formula is C13H14N2O4S2. The van der Waals surface area contributed by atoms with Crippen LogP contribution in [0.15, 0.2) is 16.8 Å². The predicted molar refractivity (Wildman–Crippen MR) is 80.5 cm³/mol. The highest BCUT2D eigenvalue weighted by Gasteiger charge is 2.24. The molecule has 0 aliphatic heterocycles. The van der Waals surface area contributed by atoms with Gasteiger partial charge in [0.2, 0.25) is 0 Å². The van der Waals surface area contributed by atoms with Gasteiger partial charge in [0.25, 0.3) is 5.91 Å². The van der Waals surface area contributed by atoms with Crippen molar-refractivity contribution in [3.05, 3.63) is 27.4 Å². The summed E-state index contributed by atoms with van der Waals surface area (Å²) in [6.07, 6.45) is 0. The second kappa shape index (κ2) is 6.79. The largest absolute Gasteiger partial charge is 0.467 e. The lowest BCUT2D eigenvalue weighted by molar-refractivity contribution is -0.143. The van der Waals surface area contributed by atoms with E-state index >= 15 is 0 Å². The molecule has 0 aromatic carbocycles. The number of amides is 1. The normalized spacial score (nSPS) is 12.0. The number of esters is 1. The number of aromatic nitrogens is 1. The molecule has 1 atom stereocenters. The molecule has 2 heterocycles. The fourth-order valence-electron chi connectivity index (χ4n) is 1.66. The summed E-state index contributed by atoms with van der Waals surface area (Å²) in [5.74, 6) is -1.14. The zero-order chi connectivity index (χ0) is 15.4. The molecule has 0 saturated carbocycles. The number of rotatable bonds is 5. The number of ether oxygens (including phenoxy) is 1. The van der Waals surface area contributed by atoms with E-state index in [0.29, 0.717) is 10.6 Å². The molecule has 2 aromatic rings. The van der Waals surface area contributed by atoms with Crippen molar-refractivity contribution >= 4 is 34.6 Å². The number of thiophene rings is 1. The van der Waals surface area contributed by atoms with Crippen LogP contribution in [0.25, 0.3) is 10.6 Å². The van der Waals surface area contributed by atoms with Gasteiger partial charge in [0.1, 0.15) is 9.88 Å². The first-order valence-corrected chi connectivity index (χ1v) is 7.82. The molecule has 0 saturated heterocycles. The number of carbonyl (C=O) groups excluding carboxylic acids is 2. The summed E-state index contributed by atoms with van der Waals surface area (Å²) in [5.41, 5.74) is 1.54. The molecule has 1 amide bonds. The lowest BCUT2D eigenvalue weighted by atomic mass is 10.3. The van der Waals surface area contributed by atoms with Crippen LogP contribution in [0.1, 0.15) is 15.4 Å². The van der Waals surface area contributed by atoms with Gasteiger partial charge in [-0.25, -0.2) is 9.78 Å². The number of aliphatic hydroxyl groups excluding tert-OH is 1. The summed E-state index contributed by atoms with van der Waals surface area (Å²) in [6.45, 7) is 1.21. The lowest BCUT2D eigenvalue weighted by Crippen LogP contribution is -2.44. The first kappa shape index (κ1) is 15.6. The van der Waals surface area contributed by atoms with Crippen LogP contribution in [0.5, 0.6) is 0 Å². The minimum atomic E-state index is -1.08. The summed E-state index contributed by atoms with van der Waals surface area (Å²) in [6, 6.07) is 0.851. The molecule has 1 unspecified atom stereocenters. The molecule has 112 valence electrons. The van der Waals surface area contributed by atoms with E-state index in [1.807, 2.05) is 16.8 Å². The Morgan fingerprint density at radius 3 is 2.86 bits per heavy atom. The van der Waals surface area contributed by atoms with Crippen LogP contribution >= 0.6 is 22.7 Å². The van der Waals surface area contributed by atoms with E-state index < -0.39 is 24.5 Å². The van der Waals surface area contributed by atoms with Crippen LogP contribution in [0.2, 0.25) is 0 Å². The molecule has 0 bridgehead atoms. The smallest absolute Gasteiger partial charge is 0.330 e. The van der Waals surface area contributed by atoms with Gasteiger partial charge in [-0.3, -0.25) is 4.79 Å². The Balaban J connectivity index is 2.18. The second-order valence-electron chi connectivity index (χ2n) is 4.18. The molecule has 2 N–H and O–H groups in total. The van der Waals surface area contributed by atoms with Gasteiger partial charge in [-0.15, -0.1) is 11.3 Å². The van der Waals surface area contributed by atoms with Gasteiger partial charge < -0.3 is 15.2 Å². The first-order chi connectivity index (χ1) is 10.1. The maximum absolute atomic E-state index is 12.2. The molecule has 0 radical (unpaired) electrons. The zero-order valence-corrected chi connectivity index (χ0v) is 13.1. The quantitative estimate of drug-likeness (QED) is 0.812. The molecular weight excluding hydrogens is 312 g/mol. The highest BCUT2D eigenvalue weighted by molar-refractivity contribution is 7.17. The first-order valence-electron chi connectivity index (χ1n) is 6.06. The summed E-state index contributed by atoms with van der Waals surface area (Å²) in [5, 5.41) is 16.2. The number of carbonyl (C=O) groups is 2. The second-order valence-corrected chi connectivity index (χ2v) is 5.96. The minimum Gasteiger partial charge on any atom is -0.467 e. The van der Waals surface area contributed by atoms with Crippen molar-refractivity contribution in [2.75, 3.05) is 13.7 Å². The van der Waals surface area contributed by atoms with E-state index in [9.17, 15) is 9.59 Å². The number of methoxy groups -OCH3 is 1. The molecule has 0 aliphatic carbocycles. The number of aryl methyl sites for hydroxylation is 1. The van der Waals surface area contributed by atoms with Crippen LogP contribution < -0.4 is 5.32 Å². The number of nitrogens with zero attached hydrogens (tertiary/aromatic N) is 1. The van der Waals surface area contributed by atoms with Crippen LogP contribution in [-0.4, -0.2) is 41.7 Å². The Morgan fingerprint density at radius 2 is 2.29 bits per heavy atom. The van der Waals surface area contributed by atoms with Gasteiger partial charge >= 0.3 is 5.97 Å². The number of nitrogens with one attached hydrogen (secondary N) is 1. The van der Waals surface area contributed by atoms with Gasteiger partial charge in [-0.1, -0.05) is 0 Å². The standard InChI is InChI=1S/C13H14N2O4S2/c1-7-10(11(17)15-9(5-16)13(18)19-2)21-12(14-7)8-3-4-20-6-8/h3-4,6,9,16H,5H2,1-2H3,(H,15,17). The third-order valence-electron chi connectivity index (χ3n) is 2.74. The Kier molecular flexibility index (Phi) is 5.05. The van der Waals surface area contributed by atoms with E-state index in [4.69, 9.17) is 5.11 Å².